The summed E-state index contributed by atoms with van der Waals surface area (Å²) in [4.78, 5) is 21.4. The van der Waals surface area contributed by atoms with Gasteiger partial charge in [0.05, 0.1) is 10.4 Å². The summed E-state index contributed by atoms with van der Waals surface area (Å²) in [5, 5.41) is 4.40. The van der Waals surface area contributed by atoms with Gasteiger partial charge < -0.3 is 10.2 Å². The first-order valence-electron chi connectivity index (χ1n) is 9.09. The number of rotatable bonds is 3. The van der Waals surface area contributed by atoms with Crippen molar-refractivity contribution in [3.8, 4) is 0 Å². The molecular weight excluding hydrogens is 342 g/mol. The predicted molar refractivity (Wildman–Crippen MR) is 108 cm³/mol. The van der Waals surface area contributed by atoms with E-state index in [1.54, 1.807) is 11.3 Å². The van der Waals surface area contributed by atoms with Crippen LogP contribution in [0.5, 0.6) is 0 Å². The topological polar surface area (TPSA) is 45.2 Å². The Balaban J connectivity index is 1.45. The molecule has 1 fully saturated rings. The van der Waals surface area contributed by atoms with Crippen LogP contribution in [0, 0.1) is 13.8 Å². The molecule has 0 radical (unpaired) electrons. The van der Waals surface area contributed by atoms with E-state index in [4.69, 9.17) is 0 Å². The van der Waals surface area contributed by atoms with Gasteiger partial charge >= 0.3 is 0 Å². The number of anilines is 1. The number of amides is 1. The number of aromatic nitrogens is 1. The number of thiophene rings is 1. The van der Waals surface area contributed by atoms with Gasteiger partial charge in [0, 0.05) is 40.8 Å². The van der Waals surface area contributed by atoms with E-state index in [-0.39, 0.29) is 11.9 Å². The quantitative estimate of drug-likeness (QED) is 0.752. The third-order valence-corrected chi connectivity index (χ3v) is 5.96. The summed E-state index contributed by atoms with van der Waals surface area (Å²) >= 11 is 1.56. The number of benzene rings is 1. The maximum Gasteiger partial charge on any atom is 0.261 e. The summed E-state index contributed by atoms with van der Waals surface area (Å²) in [6, 6.07) is 14.7. The maximum absolute atomic E-state index is 12.4. The van der Waals surface area contributed by atoms with E-state index in [9.17, 15) is 4.79 Å². The molecular formula is C21H23N3OS. The number of pyridine rings is 1. The molecule has 4 rings (SSSR count). The first-order valence-corrected chi connectivity index (χ1v) is 9.90. The zero-order chi connectivity index (χ0) is 18.1. The standard InChI is InChI=1S/C21H23N3OS/c1-14-13-19(17-5-3-4-6-18(17)22-14)24-11-9-16(10-12-24)23-21(25)20-8-7-15(2)26-20/h3-8,13,16H,9-12H2,1-2H3,(H,23,25). The molecule has 0 aliphatic carbocycles. The van der Waals surface area contributed by atoms with Crippen molar-refractivity contribution in [2.45, 2.75) is 32.7 Å². The van der Waals surface area contributed by atoms with E-state index in [1.165, 1.54) is 16.0 Å². The molecule has 1 aliphatic rings. The van der Waals surface area contributed by atoms with Crippen molar-refractivity contribution in [3.05, 3.63) is 57.9 Å². The van der Waals surface area contributed by atoms with Crippen LogP contribution in [-0.2, 0) is 0 Å². The lowest BCUT2D eigenvalue weighted by Gasteiger charge is -2.34. The summed E-state index contributed by atoms with van der Waals surface area (Å²) in [5.74, 6) is 0.0618. The lowest BCUT2D eigenvalue weighted by molar-refractivity contribution is 0.0935. The molecule has 1 saturated heterocycles. The normalized spacial score (nSPS) is 15.4. The van der Waals surface area contributed by atoms with Crippen molar-refractivity contribution < 1.29 is 4.79 Å². The molecule has 0 saturated carbocycles. The summed E-state index contributed by atoms with van der Waals surface area (Å²) in [6.45, 7) is 5.97. The number of carbonyl (C=O) groups is 1. The smallest absolute Gasteiger partial charge is 0.261 e. The molecule has 1 aromatic carbocycles. The van der Waals surface area contributed by atoms with Gasteiger partial charge in [0.1, 0.15) is 0 Å². The Bertz CT molecular complexity index is 941. The lowest BCUT2D eigenvalue weighted by atomic mass is 10.0. The van der Waals surface area contributed by atoms with Crippen LogP contribution in [0.2, 0.25) is 0 Å². The van der Waals surface area contributed by atoms with Crippen LogP contribution in [0.1, 0.15) is 33.1 Å². The fourth-order valence-electron chi connectivity index (χ4n) is 3.63. The average Bonchev–Trinajstić information content (AvgIpc) is 3.08. The van der Waals surface area contributed by atoms with Gasteiger partial charge in [0.25, 0.3) is 5.91 Å². The molecule has 1 N–H and O–H groups in total. The Morgan fingerprint density at radius 3 is 2.65 bits per heavy atom. The van der Waals surface area contributed by atoms with Crippen molar-refractivity contribution in [2.75, 3.05) is 18.0 Å². The van der Waals surface area contributed by atoms with Crippen LogP contribution >= 0.6 is 11.3 Å². The van der Waals surface area contributed by atoms with E-state index in [1.807, 2.05) is 32.0 Å². The van der Waals surface area contributed by atoms with Crippen molar-refractivity contribution in [3.63, 3.8) is 0 Å². The number of fused-ring (bicyclic) bond motifs is 1. The monoisotopic (exact) mass is 365 g/mol. The summed E-state index contributed by atoms with van der Waals surface area (Å²) in [5.41, 5.74) is 3.35. The van der Waals surface area contributed by atoms with Crippen LogP contribution in [0.15, 0.2) is 42.5 Å². The van der Waals surface area contributed by atoms with Gasteiger partial charge in [0.2, 0.25) is 0 Å². The Kier molecular flexibility index (Phi) is 4.64. The van der Waals surface area contributed by atoms with E-state index < -0.39 is 0 Å². The van der Waals surface area contributed by atoms with Crippen molar-refractivity contribution in [1.29, 1.82) is 0 Å². The highest BCUT2D eigenvalue weighted by Crippen LogP contribution is 2.29. The molecule has 1 amide bonds. The van der Waals surface area contributed by atoms with E-state index >= 15 is 0 Å². The van der Waals surface area contributed by atoms with Crippen LogP contribution in [-0.4, -0.2) is 30.0 Å². The molecule has 0 atom stereocenters. The highest BCUT2D eigenvalue weighted by Gasteiger charge is 2.23. The second kappa shape index (κ2) is 7.08. The van der Waals surface area contributed by atoms with Gasteiger partial charge in [0.15, 0.2) is 0 Å². The number of hydrogen-bond acceptors (Lipinski definition) is 4. The molecule has 26 heavy (non-hydrogen) atoms. The Morgan fingerprint density at radius 1 is 1.15 bits per heavy atom. The van der Waals surface area contributed by atoms with E-state index in [0.29, 0.717) is 0 Å². The number of aryl methyl sites for hydroxylation is 2. The van der Waals surface area contributed by atoms with Gasteiger partial charge in [-0.25, -0.2) is 0 Å². The molecule has 134 valence electrons. The average molecular weight is 366 g/mol. The third-order valence-electron chi connectivity index (χ3n) is 4.96. The van der Waals surface area contributed by atoms with Crippen molar-refractivity contribution >= 4 is 33.8 Å². The number of para-hydroxylation sites is 1. The highest BCUT2D eigenvalue weighted by atomic mass is 32.1. The largest absolute Gasteiger partial charge is 0.371 e. The maximum atomic E-state index is 12.4. The Hall–Kier alpha value is -2.40. The zero-order valence-electron chi connectivity index (χ0n) is 15.2. The number of nitrogens with one attached hydrogen (secondary N) is 1. The van der Waals surface area contributed by atoms with Crippen molar-refractivity contribution in [2.24, 2.45) is 0 Å². The molecule has 4 nitrogen and oxygen atoms in total. The summed E-state index contributed by atoms with van der Waals surface area (Å²) < 4.78 is 0. The third kappa shape index (κ3) is 3.44. The second-order valence-electron chi connectivity index (χ2n) is 6.94. The first-order chi connectivity index (χ1) is 12.6. The van der Waals surface area contributed by atoms with Gasteiger partial charge in [-0.15, -0.1) is 11.3 Å². The van der Waals surface area contributed by atoms with Gasteiger partial charge in [-0.2, -0.15) is 0 Å². The molecule has 1 aliphatic heterocycles. The summed E-state index contributed by atoms with van der Waals surface area (Å²) in [6.07, 6.45) is 1.93. The highest BCUT2D eigenvalue weighted by molar-refractivity contribution is 7.13. The zero-order valence-corrected chi connectivity index (χ0v) is 16.0. The van der Waals surface area contributed by atoms with Gasteiger partial charge in [-0.1, -0.05) is 18.2 Å². The summed E-state index contributed by atoms with van der Waals surface area (Å²) in [7, 11) is 0. The number of piperidine rings is 1. The van der Waals surface area contributed by atoms with E-state index in [0.717, 1.165) is 42.0 Å². The molecule has 2 aromatic heterocycles. The van der Waals surface area contributed by atoms with Crippen LogP contribution < -0.4 is 10.2 Å². The molecule has 0 bridgehead atoms. The fourth-order valence-corrected chi connectivity index (χ4v) is 4.40. The SMILES string of the molecule is Cc1cc(N2CCC(NC(=O)c3ccc(C)s3)CC2)c2ccccc2n1. The first kappa shape index (κ1) is 17.0. The van der Waals surface area contributed by atoms with Crippen LogP contribution in [0.3, 0.4) is 0 Å². The van der Waals surface area contributed by atoms with Gasteiger partial charge in [-0.05, 0) is 51.0 Å². The minimum absolute atomic E-state index is 0.0618. The molecule has 3 heterocycles. The fraction of sp³-hybridized carbons (Fsp3) is 0.333. The predicted octanol–water partition coefficient (Wildman–Crippen LogP) is 4.31. The van der Waals surface area contributed by atoms with Crippen LogP contribution in [0.4, 0.5) is 5.69 Å². The number of carbonyl (C=O) groups excluding carboxylic acids is 1. The lowest BCUT2D eigenvalue weighted by Crippen LogP contribution is -2.44. The molecule has 0 spiro atoms. The minimum atomic E-state index is 0.0618. The van der Waals surface area contributed by atoms with Gasteiger partial charge in [-0.3, -0.25) is 9.78 Å². The Labute approximate surface area is 157 Å². The number of hydrogen-bond donors (Lipinski definition) is 1. The minimum Gasteiger partial charge on any atom is -0.371 e. The molecule has 0 unspecified atom stereocenters. The Morgan fingerprint density at radius 2 is 1.92 bits per heavy atom. The molecule has 5 heteroatoms. The van der Waals surface area contributed by atoms with Crippen molar-refractivity contribution in [1.82, 2.24) is 10.3 Å². The molecule has 3 aromatic rings. The number of nitrogens with zero attached hydrogens (tertiary/aromatic N) is 2. The van der Waals surface area contributed by atoms with E-state index in [2.05, 4.69) is 39.5 Å². The second-order valence-corrected chi connectivity index (χ2v) is 8.23. The van der Waals surface area contributed by atoms with Crippen LogP contribution in [0.25, 0.3) is 10.9 Å².